The Morgan fingerprint density at radius 1 is 1.18 bits per heavy atom. The van der Waals surface area contributed by atoms with Crippen LogP contribution < -0.4 is 20.1 Å². The lowest BCUT2D eigenvalue weighted by molar-refractivity contribution is -0.0512. The topological polar surface area (TPSA) is 64.1 Å². The summed E-state index contributed by atoms with van der Waals surface area (Å²) >= 11 is 0. The van der Waals surface area contributed by atoms with E-state index in [0.29, 0.717) is 32.0 Å². The van der Waals surface area contributed by atoms with E-state index in [0.717, 1.165) is 31.1 Å². The van der Waals surface area contributed by atoms with E-state index in [2.05, 4.69) is 34.2 Å². The predicted octanol–water partition coefficient (Wildman–Crippen LogP) is 3.46. The Bertz CT molecular complexity index is 584. The van der Waals surface area contributed by atoms with Gasteiger partial charge in [-0.05, 0) is 43.4 Å². The van der Waals surface area contributed by atoms with Crippen molar-refractivity contribution in [3.8, 4) is 11.5 Å². The molecule has 0 atom stereocenters. The average molecular weight is 401 g/mol. The van der Waals surface area contributed by atoms with Crippen LogP contribution in [0.5, 0.6) is 11.5 Å². The second-order valence-corrected chi connectivity index (χ2v) is 6.62. The molecule has 0 saturated carbocycles. The van der Waals surface area contributed by atoms with Gasteiger partial charge in [-0.3, -0.25) is 4.99 Å². The summed E-state index contributed by atoms with van der Waals surface area (Å²) in [4.78, 5) is 4.52. The van der Waals surface area contributed by atoms with E-state index < -0.39 is 6.61 Å². The zero-order chi connectivity index (χ0) is 20.8. The Balaban J connectivity index is 2.47. The van der Waals surface area contributed by atoms with Crippen molar-refractivity contribution in [3.63, 3.8) is 0 Å². The molecular formula is C20H33F2N3O3. The second kappa shape index (κ2) is 14.0. The number of hydrogen-bond donors (Lipinski definition) is 2. The molecule has 8 heteroatoms. The Morgan fingerprint density at radius 3 is 2.61 bits per heavy atom. The molecule has 0 saturated heterocycles. The van der Waals surface area contributed by atoms with Crippen LogP contribution in [0.2, 0.25) is 0 Å². The molecule has 0 spiro atoms. The minimum atomic E-state index is -2.89. The van der Waals surface area contributed by atoms with Crippen LogP contribution >= 0.6 is 0 Å². The Morgan fingerprint density at radius 2 is 1.96 bits per heavy atom. The molecule has 0 fully saturated rings. The van der Waals surface area contributed by atoms with Gasteiger partial charge in [-0.15, -0.1) is 0 Å². The van der Waals surface area contributed by atoms with Crippen molar-refractivity contribution in [1.82, 2.24) is 10.6 Å². The SMILES string of the molecule is CCNC(=NCCCOCC(C)C)NCCc1ccc(OC)c(OC(F)F)c1. The van der Waals surface area contributed by atoms with Crippen LogP contribution in [0.1, 0.15) is 32.8 Å². The van der Waals surface area contributed by atoms with E-state index in [1.807, 2.05) is 13.0 Å². The van der Waals surface area contributed by atoms with Crippen LogP contribution in [0.3, 0.4) is 0 Å². The number of ether oxygens (including phenoxy) is 3. The monoisotopic (exact) mass is 401 g/mol. The summed E-state index contributed by atoms with van der Waals surface area (Å²) in [6, 6.07) is 5.03. The first-order chi connectivity index (χ1) is 13.5. The Hall–Kier alpha value is -2.09. The molecule has 6 nitrogen and oxygen atoms in total. The number of benzene rings is 1. The maximum atomic E-state index is 12.5. The smallest absolute Gasteiger partial charge is 0.387 e. The largest absolute Gasteiger partial charge is 0.493 e. The number of rotatable bonds is 13. The van der Waals surface area contributed by atoms with E-state index in [4.69, 9.17) is 9.47 Å². The highest BCUT2D eigenvalue weighted by Crippen LogP contribution is 2.29. The van der Waals surface area contributed by atoms with E-state index in [-0.39, 0.29) is 11.5 Å². The molecule has 1 aromatic carbocycles. The van der Waals surface area contributed by atoms with Gasteiger partial charge < -0.3 is 24.8 Å². The molecule has 0 heterocycles. The molecule has 1 aromatic rings. The van der Waals surface area contributed by atoms with Gasteiger partial charge in [0.05, 0.1) is 7.11 Å². The summed E-state index contributed by atoms with van der Waals surface area (Å²) in [5.41, 5.74) is 0.863. The molecule has 28 heavy (non-hydrogen) atoms. The number of nitrogens with zero attached hydrogens (tertiary/aromatic N) is 1. The van der Waals surface area contributed by atoms with Gasteiger partial charge in [-0.1, -0.05) is 19.9 Å². The highest BCUT2D eigenvalue weighted by Gasteiger charge is 2.11. The van der Waals surface area contributed by atoms with E-state index in [9.17, 15) is 8.78 Å². The molecule has 0 bridgehead atoms. The zero-order valence-corrected chi connectivity index (χ0v) is 17.3. The van der Waals surface area contributed by atoms with Crippen LogP contribution in [0, 0.1) is 5.92 Å². The van der Waals surface area contributed by atoms with Gasteiger partial charge in [0.2, 0.25) is 0 Å². The fraction of sp³-hybridized carbons (Fsp3) is 0.650. The minimum Gasteiger partial charge on any atom is -0.493 e. The summed E-state index contributed by atoms with van der Waals surface area (Å²) in [5, 5.41) is 6.43. The highest BCUT2D eigenvalue weighted by atomic mass is 19.3. The number of guanidine groups is 1. The molecule has 0 aliphatic rings. The molecule has 0 amide bonds. The summed E-state index contributed by atoms with van der Waals surface area (Å²) in [6.07, 6.45) is 1.49. The number of methoxy groups -OCH3 is 1. The molecule has 160 valence electrons. The Labute approximate surface area is 166 Å². The van der Waals surface area contributed by atoms with Gasteiger partial charge in [0, 0.05) is 32.8 Å². The summed E-state index contributed by atoms with van der Waals surface area (Å²) in [5.74, 6) is 1.58. The normalized spacial score (nSPS) is 11.8. The molecule has 0 radical (unpaired) electrons. The van der Waals surface area contributed by atoms with Crippen molar-refractivity contribution < 1.29 is 23.0 Å². The summed E-state index contributed by atoms with van der Waals surface area (Å²) in [7, 11) is 1.42. The molecule has 2 N–H and O–H groups in total. The number of alkyl halides is 2. The van der Waals surface area contributed by atoms with Crippen molar-refractivity contribution in [2.24, 2.45) is 10.9 Å². The quantitative estimate of drug-likeness (QED) is 0.301. The molecule has 0 aliphatic heterocycles. The first kappa shape index (κ1) is 23.9. The fourth-order valence-electron chi connectivity index (χ4n) is 2.41. The summed E-state index contributed by atoms with van der Waals surface area (Å²) < 4.78 is 40.2. The number of hydrogen-bond acceptors (Lipinski definition) is 4. The van der Waals surface area contributed by atoms with E-state index in [1.54, 1.807) is 12.1 Å². The predicted molar refractivity (Wildman–Crippen MR) is 108 cm³/mol. The highest BCUT2D eigenvalue weighted by molar-refractivity contribution is 5.79. The van der Waals surface area contributed by atoms with E-state index >= 15 is 0 Å². The second-order valence-electron chi connectivity index (χ2n) is 6.62. The van der Waals surface area contributed by atoms with Crippen LogP contribution in [-0.2, 0) is 11.2 Å². The zero-order valence-electron chi connectivity index (χ0n) is 17.3. The van der Waals surface area contributed by atoms with Crippen LogP contribution in [0.15, 0.2) is 23.2 Å². The van der Waals surface area contributed by atoms with Crippen molar-refractivity contribution >= 4 is 5.96 Å². The lowest BCUT2D eigenvalue weighted by atomic mass is 10.1. The number of nitrogens with one attached hydrogen (secondary N) is 2. The fourth-order valence-corrected chi connectivity index (χ4v) is 2.41. The maximum Gasteiger partial charge on any atom is 0.387 e. The van der Waals surface area contributed by atoms with Crippen molar-refractivity contribution in [2.75, 3.05) is 40.0 Å². The van der Waals surface area contributed by atoms with E-state index in [1.165, 1.54) is 7.11 Å². The maximum absolute atomic E-state index is 12.5. The minimum absolute atomic E-state index is 0.0389. The van der Waals surface area contributed by atoms with Gasteiger partial charge in [-0.2, -0.15) is 8.78 Å². The lowest BCUT2D eigenvalue weighted by Gasteiger charge is -2.13. The third-order valence-corrected chi connectivity index (χ3v) is 3.66. The molecule has 0 unspecified atom stereocenters. The lowest BCUT2D eigenvalue weighted by Crippen LogP contribution is -2.38. The number of aliphatic imine (C=N–C) groups is 1. The summed E-state index contributed by atoms with van der Waals surface area (Å²) in [6.45, 7) is 6.84. The first-order valence-electron chi connectivity index (χ1n) is 9.67. The molecule has 0 aromatic heterocycles. The van der Waals surface area contributed by atoms with Crippen molar-refractivity contribution in [1.29, 1.82) is 0 Å². The van der Waals surface area contributed by atoms with Crippen molar-refractivity contribution in [3.05, 3.63) is 23.8 Å². The van der Waals surface area contributed by atoms with Crippen LogP contribution in [0.25, 0.3) is 0 Å². The standard InChI is InChI=1S/C20H33F2N3O3/c1-5-23-20(24-10-6-12-27-14-15(2)3)25-11-9-16-7-8-17(26-4)18(13-16)28-19(21)22/h7-8,13,15,19H,5-6,9-12,14H2,1-4H3,(H2,23,24,25). The average Bonchev–Trinajstić information content (AvgIpc) is 2.64. The number of halogens is 2. The van der Waals surface area contributed by atoms with Gasteiger partial charge in [-0.25, -0.2) is 0 Å². The van der Waals surface area contributed by atoms with Crippen molar-refractivity contribution in [2.45, 2.75) is 40.2 Å². The third kappa shape index (κ3) is 10.3. The van der Waals surface area contributed by atoms with Crippen LogP contribution in [-0.4, -0.2) is 52.5 Å². The molecule has 1 rings (SSSR count). The Kier molecular flexibility index (Phi) is 12.0. The van der Waals surface area contributed by atoms with Crippen LogP contribution in [0.4, 0.5) is 8.78 Å². The first-order valence-corrected chi connectivity index (χ1v) is 9.67. The molecule has 0 aliphatic carbocycles. The van der Waals surface area contributed by atoms with Gasteiger partial charge >= 0.3 is 6.61 Å². The van der Waals surface area contributed by atoms with Gasteiger partial charge in [0.25, 0.3) is 0 Å². The van der Waals surface area contributed by atoms with Gasteiger partial charge in [0.15, 0.2) is 17.5 Å². The molecular weight excluding hydrogens is 368 g/mol. The third-order valence-electron chi connectivity index (χ3n) is 3.66. The van der Waals surface area contributed by atoms with Gasteiger partial charge in [0.1, 0.15) is 0 Å².